The van der Waals surface area contributed by atoms with Crippen molar-refractivity contribution in [1.82, 2.24) is 15.2 Å². The van der Waals surface area contributed by atoms with Crippen LogP contribution in [0.1, 0.15) is 22.0 Å². The number of hydrogen-bond acceptors (Lipinski definition) is 4. The zero-order valence-electron chi connectivity index (χ0n) is 13.2. The minimum absolute atomic E-state index is 0. The molecule has 1 N–H and O–H groups in total. The molecule has 120 valence electrons. The molecular formula is C14H25IN4OS. The lowest BCUT2D eigenvalue weighted by molar-refractivity contribution is 0.181. The summed E-state index contributed by atoms with van der Waals surface area (Å²) < 4.78 is 5.42. The lowest BCUT2D eigenvalue weighted by Gasteiger charge is -2.24. The van der Waals surface area contributed by atoms with Crippen molar-refractivity contribution in [2.24, 2.45) is 10.9 Å². The Bertz CT molecular complexity index is 452. The molecule has 5 nitrogen and oxygen atoms in total. The summed E-state index contributed by atoms with van der Waals surface area (Å²) in [6.45, 7) is 7.63. The van der Waals surface area contributed by atoms with Gasteiger partial charge in [0.05, 0.1) is 18.8 Å². The number of ether oxygens (including phenoxy) is 1. The normalized spacial score (nSPS) is 18.5. The predicted molar refractivity (Wildman–Crippen MR) is 98.8 cm³/mol. The average Bonchev–Trinajstić information content (AvgIpc) is 3.01. The van der Waals surface area contributed by atoms with Crippen molar-refractivity contribution in [3.8, 4) is 0 Å². The molecule has 1 aromatic rings. The summed E-state index contributed by atoms with van der Waals surface area (Å²) >= 11 is 1.74. The Labute approximate surface area is 148 Å². The van der Waals surface area contributed by atoms with Gasteiger partial charge in [0.25, 0.3) is 0 Å². The fourth-order valence-electron chi connectivity index (χ4n) is 2.36. The maximum atomic E-state index is 5.42. The summed E-state index contributed by atoms with van der Waals surface area (Å²) in [5, 5.41) is 4.49. The molecule has 0 amide bonds. The highest BCUT2D eigenvalue weighted by Gasteiger charge is 2.19. The van der Waals surface area contributed by atoms with Crippen LogP contribution in [-0.2, 0) is 11.3 Å². The molecule has 1 unspecified atom stereocenters. The van der Waals surface area contributed by atoms with E-state index in [2.05, 4.69) is 41.1 Å². The van der Waals surface area contributed by atoms with Crippen LogP contribution in [0.5, 0.6) is 0 Å². The van der Waals surface area contributed by atoms with Gasteiger partial charge < -0.3 is 15.0 Å². The molecule has 0 spiro atoms. The van der Waals surface area contributed by atoms with Crippen molar-refractivity contribution in [2.75, 3.05) is 33.9 Å². The lowest BCUT2D eigenvalue weighted by atomic mass is 10.1. The standard InChI is InChI=1S/C14H24N4OS.HI/c1-10-11(2)20-13(17-10)7-16-14(15-3)18(4)8-12-5-6-19-9-12;/h12H,5-9H2,1-4H3,(H,15,16);1H. The van der Waals surface area contributed by atoms with Gasteiger partial charge in [-0.15, -0.1) is 35.3 Å². The van der Waals surface area contributed by atoms with Crippen LogP contribution in [0.3, 0.4) is 0 Å². The molecule has 1 aliphatic rings. The van der Waals surface area contributed by atoms with Gasteiger partial charge in [-0.2, -0.15) is 0 Å². The highest BCUT2D eigenvalue weighted by molar-refractivity contribution is 14.0. The Morgan fingerprint density at radius 1 is 1.52 bits per heavy atom. The first-order valence-corrected chi connectivity index (χ1v) is 7.84. The molecule has 21 heavy (non-hydrogen) atoms. The zero-order chi connectivity index (χ0) is 14.5. The first-order valence-electron chi connectivity index (χ1n) is 7.02. The summed E-state index contributed by atoms with van der Waals surface area (Å²) in [6, 6.07) is 0. The van der Waals surface area contributed by atoms with Crippen LogP contribution < -0.4 is 5.32 Å². The minimum atomic E-state index is 0. The molecule has 1 saturated heterocycles. The molecule has 1 aliphatic heterocycles. The number of hydrogen-bond donors (Lipinski definition) is 1. The molecule has 7 heteroatoms. The van der Waals surface area contributed by atoms with Crippen LogP contribution >= 0.6 is 35.3 Å². The fraction of sp³-hybridized carbons (Fsp3) is 0.714. The van der Waals surface area contributed by atoms with Gasteiger partial charge in [0.2, 0.25) is 0 Å². The number of guanidine groups is 1. The largest absolute Gasteiger partial charge is 0.381 e. The van der Waals surface area contributed by atoms with Gasteiger partial charge in [-0.25, -0.2) is 4.98 Å². The van der Waals surface area contributed by atoms with Gasteiger partial charge in [-0.1, -0.05) is 0 Å². The lowest BCUT2D eigenvalue weighted by Crippen LogP contribution is -2.41. The SMILES string of the molecule is CN=C(NCc1nc(C)c(C)s1)N(C)CC1CCOC1.I. The van der Waals surface area contributed by atoms with Crippen molar-refractivity contribution >= 4 is 41.3 Å². The number of nitrogens with one attached hydrogen (secondary N) is 1. The highest BCUT2D eigenvalue weighted by Crippen LogP contribution is 2.16. The molecule has 0 radical (unpaired) electrons. The Morgan fingerprint density at radius 3 is 2.81 bits per heavy atom. The third-order valence-electron chi connectivity index (χ3n) is 3.60. The molecule has 0 bridgehead atoms. The second-order valence-corrected chi connectivity index (χ2v) is 6.55. The third kappa shape index (κ3) is 5.37. The second kappa shape index (κ2) is 8.89. The zero-order valence-corrected chi connectivity index (χ0v) is 16.3. The monoisotopic (exact) mass is 424 g/mol. The number of nitrogens with zero attached hydrogens (tertiary/aromatic N) is 3. The quantitative estimate of drug-likeness (QED) is 0.458. The predicted octanol–water partition coefficient (Wildman–Crippen LogP) is 2.42. The molecule has 1 fully saturated rings. The summed E-state index contributed by atoms with van der Waals surface area (Å²) in [6.07, 6.45) is 1.15. The smallest absolute Gasteiger partial charge is 0.193 e. The van der Waals surface area contributed by atoms with Gasteiger partial charge >= 0.3 is 0 Å². The van der Waals surface area contributed by atoms with Crippen molar-refractivity contribution in [3.05, 3.63) is 15.6 Å². The van der Waals surface area contributed by atoms with Gasteiger partial charge in [0.15, 0.2) is 5.96 Å². The van der Waals surface area contributed by atoms with Gasteiger partial charge in [-0.05, 0) is 20.3 Å². The number of halogens is 1. The van der Waals surface area contributed by atoms with E-state index < -0.39 is 0 Å². The molecule has 0 aliphatic carbocycles. The average molecular weight is 424 g/mol. The topological polar surface area (TPSA) is 49.8 Å². The first-order chi connectivity index (χ1) is 9.60. The summed E-state index contributed by atoms with van der Waals surface area (Å²) in [7, 11) is 3.90. The maximum absolute atomic E-state index is 5.42. The molecule has 1 atom stereocenters. The summed E-state index contributed by atoms with van der Waals surface area (Å²) in [4.78, 5) is 12.3. The van der Waals surface area contributed by atoms with Gasteiger partial charge in [0.1, 0.15) is 5.01 Å². The van der Waals surface area contributed by atoms with Gasteiger partial charge in [0, 0.05) is 38.0 Å². The van der Waals surface area contributed by atoms with Crippen LogP contribution in [0.25, 0.3) is 0 Å². The Kier molecular flexibility index (Phi) is 7.89. The number of rotatable bonds is 4. The summed E-state index contributed by atoms with van der Waals surface area (Å²) in [5.41, 5.74) is 1.12. The van der Waals surface area contributed by atoms with E-state index in [4.69, 9.17) is 4.74 Å². The van der Waals surface area contributed by atoms with E-state index in [0.29, 0.717) is 5.92 Å². The molecular weight excluding hydrogens is 399 g/mol. The van der Waals surface area contributed by atoms with E-state index in [1.54, 1.807) is 11.3 Å². The molecule has 2 rings (SSSR count). The Hall–Kier alpha value is -0.410. The van der Waals surface area contributed by atoms with Crippen LogP contribution in [0.2, 0.25) is 0 Å². The number of thiazole rings is 1. The highest BCUT2D eigenvalue weighted by atomic mass is 127. The molecule has 0 aromatic carbocycles. The first kappa shape index (κ1) is 18.6. The summed E-state index contributed by atoms with van der Waals surface area (Å²) in [5.74, 6) is 1.53. The maximum Gasteiger partial charge on any atom is 0.193 e. The Morgan fingerprint density at radius 2 is 2.29 bits per heavy atom. The second-order valence-electron chi connectivity index (χ2n) is 5.26. The van der Waals surface area contributed by atoms with Crippen LogP contribution in [-0.4, -0.2) is 49.7 Å². The molecule has 0 saturated carbocycles. The van der Waals surface area contributed by atoms with Crippen LogP contribution in [0, 0.1) is 19.8 Å². The van der Waals surface area contributed by atoms with E-state index >= 15 is 0 Å². The number of aliphatic imine (C=N–C) groups is 1. The van der Waals surface area contributed by atoms with Crippen LogP contribution in [0.4, 0.5) is 0 Å². The van der Waals surface area contributed by atoms with E-state index in [1.807, 2.05) is 7.05 Å². The van der Waals surface area contributed by atoms with E-state index in [1.165, 1.54) is 4.88 Å². The van der Waals surface area contributed by atoms with E-state index in [0.717, 1.165) is 49.4 Å². The molecule has 1 aromatic heterocycles. The van der Waals surface area contributed by atoms with Crippen molar-refractivity contribution in [3.63, 3.8) is 0 Å². The van der Waals surface area contributed by atoms with E-state index in [9.17, 15) is 0 Å². The Balaban J connectivity index is 0.00000220. The minimum Gasteiger partial charge on any atom is -0.381 e. The molecule has 2 heterocycles. The number of aromatic nitrogens is 1. The van der Waals surface area contributed by atoms with Crippen molar-refractivity contribution in [2.45, 2.75) is 26.8 Å². The fourth-order valence-corrected chi connectivity index (χ4v) is 3.23. The van der Waals surface area contributed by atoms with Gasteiger partial charge in [-0.3, -0.25) is 4.99 Å². The van der Waals surface area contributed by atoms with E-state index in [-0.39, 0.29) is 24.0 Å². The van der Waals surface area contributed by atoms with Crippen molar-refractivity contribution in [1.29, 1.82) is 0 Å². The third-order valence-corrected chi connectivity index (χ3v) is 4.67. The number of aryl methyl sites for hydroxylation is 2. The van der Waals surface area contributed by atoms with Crippen molar-refractivity contribution < 1.29 is 4.74 Å². The van der Waals surface area contributed by atoms with Crippen LogP contribution in [0.15, 0.2) is 4.99 Å².